The van der Waals surface area contributed by atoms with Crippen molar-refractivity contribution in [3.05, 3.63) is 0 Å². The van der Waals surface area contributed by atoms with Gasteiger partial charge in [-0.05, 0) is 57.8 Å². The topological polar surface area (TPSA) is 35.2 Å². The summed E-state index contributed by atoms with van der Waals surface area (Å²) in [4.78, 5) is 0. The molecule has 1 heterocycles. The summed E-state index contributed by atoms with van der Waals surface area (Å²) in [6.07, 6.45) is 9.04. The highest BCUT2D eigenvalue weighted by molar-refractivity contribution is 4.93. The number of rotatable bonds is 3. The Morgan fingerprint density at radius 1 is 1.50 bits per heavy atom. The lowest BCUT2D eigenvalue weighted by atomic mass is 9.71. The van der Waals surface area contributed by atoms with Crippen LogP contribution in [0.25, 0.3) is 0 Å². The number of hydrogen-bond acceptors (Lipinski definition) is 2. The molecule has 1 spiro atoms. The predicted molar refractivity (Wildman–Crippen MR) is 58.1 cm³/mol. The van der Waals surface area contributed by atoms with Gasteiger partial charge in [0.15, 0.2) is 0 Å². The first-order valence-corrected chi connectivity index (χ1v) is 6.10. The fourth-order valence-corrected chi connectivity index (χ4v) is 2.79. The molecule has 2 heteroatoms. The van der Waals surface area contributed by atoms with Gasteiger partial charge in [-0.15, -0.1) is 0 Å². The molecular weight excluding hydrogens is 174 g/mol. The summed E-state index contributed by atoms with van der Waals surface area (Å²) < 4.78 is 5.91. The Morgan fingerprint density at radius 3 is 2.86 bits per heavy atom. The van der Waals surface area contributed by atoms with Gasteiger partial charge in [0.2, 0.25) is 0 Å². The zero-order valence-electron chi connectivity index (χ0n) is 9.30. The van der Waals surface area contributed by atoms with Crippen LogP contribution < -0.4 is 5.73 Å². The van der Waals surface area contributed by atoms with Crippen molar-refractivity contribution in [2.75, 3.05) is 6.61 Å². The van der Waals surface area contributed by atoms with Gasteiger partial charge < -0.3 is 10.5 Å². The third-order valence-electron chi connectivity index (χ3n) is 3.89. The third kappa shape index (κ3) is 2.29. The van der Waals surface area contributed by atoms with Crippen LogP contribution in [0.1, 0.15) is 51.9 Å². The molecule has 0 amide bonds. The average Bonchev–Trinajstić information content (AvgIpc) is 2.13. The first-order valence-electron chi connectivity index (χ1n) is 6.10. The normalized spacial score (nSPS) is 32.6. The van der Waals surface area contributed by atoms with Crippen LogP contribution in [0.15, 0.2) is 0 Å². The molecule has 82 valence electrons. The van der Waals surface area contributed by atoms with Crippen LogP contribution in [0.4, 0.5) is 0 Å². The minimum Gasteiger partial charge on any atom is -0.375 e. The van der Waals surface area contributed by atoms with Crippen molar-refractivity contribution >= 4 is 0 Å². The van der Waals surface area contributed by atoms with E-state index >= 15 is 0 Å². The van der Waals surface area contributed by atoms with Gasteiger partial charge in [-0.2, -0.15) is 0 Å². The van der Waals surface area contributed by atoms with E-state index in [1.807, 2.05) is 0 Å². The third-order valence-corrected chi connectivity index (χ3v) is 3.89. The van der Waals surface area contributed by atoms with Crippen LogP contribution in [0, 0.1) is 5.92 Å². The molecule has 2 unspecified atom stereocenters. The fraction of sp³-hybridized carbons (Fsp3) is 1.00. The average molecular weight is 197 g/mol. The molecule has 1 aliphatic heterocycles. The summed E-state index contributed by atoms with van der Waals surface area (Å²) in [5.74, 6) is 0.884. The highest BCUT2D eigenvalue weighted by Gasteiger charge is 2.42. The van der Waals surface area contributed by atoms with Crippen LogP contribution in [-0.4, -0.2) is 18.2 Å². The standard InChI is InChI=1S/C12H23NO/c1-10(13)3-4-11-5-8-14-12(9-11)6-2-7-12/h10-11H,2-9,13H2,1H3. The van der Waals surface area contributed by atoms with E-state index in [0.29, 0.717) is 11.6 Å². The van der Waals surface area contributed by atoms with Crippen molar-refractivity contribution in [3.8, 4) is 0 Å². The van der Waals surface area contributed by atoms with Crippen molar-refractivity contribution in [2.24, 2.45) is 11.7 Å². The lowest BCUT2D eigenvalue weighted by molar-refractivity contribution is -0.144. The number of ether oxygens (including phenoxy) is 1. The SMILES string of the molecule is CC(N)CCC1CCOC2(CCC2)C1. The summed E-state index contributed by atoms with van der Waals surface area (Å²) in [5.41, 5.74) is 6.11. The molecule has 2 atom stereocenters. The van der Waals surface area contributed by atoms with Crippen molar-refractivity contribution in [1.82, 2.24) is 0 Å². The molecule has 0 aromatic carbocycles. The molecule has 2 aliphatic rings. The molecule has 1 aliphatic carbocycles. The Labute approximate surface area is 87.2 Å². The number of hydrogen-bond donors (Lipinski definition) is 1. The van der Waals surface area contributed by atoms with E-state index in [1.165, 1.54) is 44.9 Å². The highest BCUT2D eigenvalue weighted by atomic mass is 16.5. The van der Waals surface area contributed by atoms with Gasteiger partial charge in [-0.1, -0.05) is 0 Å². The minimum absolute atomic E-state index is 0.320. The van der Waals surface area contributed by atoms with Crippen molar-refractivity contribution < 1.29 is 4.74 Å². The van der Waals surface area contributed by atoms with E-state index in [4.69, 9.17) is 10.5 Å². The second-order valence-corrected chi connectivity index (χ2v) is 5.30. The summed E-state index contributed by atoms with van der Waals surface area (Å²) in [6, 6.07) is 0.371. The van der Waals surface area contributed by atoms with Gasteiger partial charge in [0.05, 0.1) is 5.60 Å². The highest BCUT2D eigenvalue weighted by Crippen LogP contribution is 2.45. The largest absolute Gasteiger partial charge is 0.375 e. The predicted octanol–water partition coefficient (Wildman–Crippen LogP) is 2.46. The second-order valence-electron chi connectivity index (χ2n) is 5.30. The molecule has 2 nitrogen and oxygen atoms in total. The Kier molecular flexibility index (Phi) is 3.13. The maximum absolute atomic E-state index is 5.91. The van der Waals surface area contributed by atoms with E-state index in [-0.39, 0.29) is 0 Å². The molecule has 0 radical (unpaired) electrons. The van der Waals surface area contributed by atoms with E-state index in [0.717, 1.165) is 12.5 Å². The van der Waals surface area contributed by atoms with Gasteiger partial charge >= 0.3 is 0 Å². The Hall–Kier alpha value is -0.0800. The number of nitrogens with two attached hydrogens (primary N) is 1. The van der Waals surface area contributed by atoms with E-state index < -0.39 is 0 Å². The molecule has 2 fully saturated rings. The first kappa shape index (κ1) is 10.4. The lowest BCUT2D eigenvalue weighted by Gasteiger charge is -2.47. The molecule has 14 heavy (non-hydrogen) atoms. The molecule has 1 saturated heterocycles. The Bertz CT molecular complexity index is 187. The maximum Gasteiger partial charge on any atom is 0.0685 e. The molecule has 0 bridgehead atoms. The molecule has 1 saturated carbocycles. The molecule has 0 aromatic heterocycles. The van der Waals surface area contributed by atoms with E-state index in [9.17, 15) is 0 Å². The summed E-state index contributed by atoms with van der Waals surface area (Å²) in [7, 11) is 0. The van der Waals surface area contributed by atoms with Crippen molar-refractivity contribution in [3.63, 3.8) is 0 Å². The lowest BCUT2D eigenvalue weighted by Crippen LogP contribution is -2.45. The van der Waals surface area contributed by atoms with Crippen LogP contribution in [0.2, 0.25) is 0 Å². The van der Waals surface area contributed by atoms with Crippen molar-refractivity contribution in [2.45, 2.75) is 63.5 Å². The second kappa shape index (κ2) is 4.19. The molecular formula is C12H23NO. The van der Waals surface area contributed by atoms with Crippen LogP contribution >= 0.6 is 0 Å². The quantitative estimate of drug-likeness (QED) is 0.754. The van der Waals surface area contributed by atoms with Crippen LogP contribution in [0.5, 0.6) is 0 Å². The fourth-order valence-electron chi connectivity index (χ4n) is 2.79. The summed E-state index contributed by atoms with van der Waals surface area (Å²) >= 11 is 0. The van der Waals surface area contributed by atoms with Crippen LogP contribution in [0.3, 0.4) is 0 Å². The molecule has 0 aromatic rings. The summed E-state index contributed by atoms with van der Waals surface area (Å²) in [6.45, 7) is 3.10. The first-order chi connectivity index (χ1) is 6.70. The molecule has 2 N–H and O–H groups in total. The van der Waals surface area contributed by atoms with E-state index in [1.54, 1.807) is 0 Å². The van der Waals surface area contributed by atoms with Gasteiger partial charge in [-0.25, -0.2) is 0 Å². The van der Waals surface area contributed by atoms with Gasteiger partial charge in [0.1, 0.15) is 0 Å². The van der Waals surface area contributed by atoms with Gasteiger partial charge in [-0.3, -0.25) is 0 Å². The minimum atomic E-state index is 0.320. The van der Waals surface area contributed by atoms with Crippen LogP contribution in [-0.2, 0) is 4.74 Å². The Morgan fingerprint density at radius 2 is 2.29 bits per heavy atom. The summed E-state index contributed by atoms with van der Waals surface area (Å²) in [5, 5.41) is 0. The van der Waals surface area contributed by atoms with Gasteiger partial charge in [0, 0.05) is 12.6 Å². The smallest absolute Gasteiger partial charge is 0.0685 e. The molecule has 2 rings (SSSR count). The zero-order valence-corrected chi connectivity index (χ0v) is 9.30. The monoisotopic (exact) mass is 197 g/mol. The van der Waals surface area contributed by atoms with Crippen molar-refractivity contribution in [1.29, 1.82) is 0 Å². The maximum atomic E-state index is 5.91. The van der Waals surface area contributed by atoms with Gasteiger partial charge in [0.25, 0.3) is 0 Å². The Balaban J connectivity index is 1.76. The zero-order chi connectivity index (χ0) is 10.0. The van der Waals surface area contributed by atoms with E-state index in [2.05, 4.69) is 6.92 Å².